The maximum absolute atomic E-state index is 5.48. The Morgan fingerprint density at radius 3 is 2.83 bits per heavy atom. The molecular formula is C19H31N3O2. The Kier molecular flexibility index (Phi) is 8.63. The predicted octanol–water partition coefficient (Wildman–Crippen LogP) is 2.18. The first-order valence-corrected chi connectivity index (χ1v) is 8.89. The van der Waals surface area contributed by atoms with E-state index in [4.69, 9.17) is 9.47 Å². The second-order valence-electron chi connectivity index (χ2n) is 6.22. The van der Waals surface area contributed by atoms with Gasteiger partial charge < -0.3 is 19.7 Å². The molecule has 1 aromatic carbocycles. The molecule has 0 aliphatic carbocycles. The summed E-state index contributed by atoms with van der Waals surface area (Å²) in [6.45, 7) is 5.13. The number of benzene rings is 1. The van der Waals surface area contributed by atoms with E-state index >= 15 is 0 Å². The normalized spacial score (nSPS) is 18.2. The van der Waals surface area contributed by atoms with Crippen molar-refractivity contribution in [1.29, 1.82) is 0 Å². The minimum absolute atomic E-state index is 0.658. The predicted molar refractivity (Wildman–Crippen MR) is 98.5 cm³/mol. The second kappa shape index (κ2) is 11.0. The van der Waals surface area contributed by atoms with Gasteiger partial charge in [0.2, 0.25) is 0 Å². The molecule has 1 fully saturated rings. The molecule has 5 nitrogen and oxygen atoms in total. The molecule has 0 aromatic heterocycles. The fourth-order valence-corrected chi connectivity index (χ4v) is 3.09. The minimum atomic E-state index is 0.658. The highest BCUT2D eigenvalue weighted by molar-refractivity contribution is 5.80. The van der Waals surface area contributed by atoms with Gasteiger partial charge >= 0.3 is 0 Å². The van der Waals surface area contributed by atoms with E-state index in [0.717, 1.165) is 45.0 Å². The lowest BCUT2D eigenvalue weighted by Crippen LogP contribution is -2.40. The smallest absolute Gasteiger partial charge is 0.193 e. The van der Waals surface area contributed by atoms with E-state index < -0.39 is 0 Å². The maximum Gasteiger partial charge on any atom is 0.193 e. The number of hydrogen-bond acceptors (Lipinski definition) is 3. The average molecular weight is 333 g/mol. The van der Waals surface area contributed by atoms with Crippen LogP contribution in [-0.2, 0) is 15.9 Å². The third kappa shape index (κ3) is 6.49. The summed E-state index contributed by atoms with van der Waals surface area (Å²) in [4.78, 5) is 6.80. The van der Waals surface area contributed by atoms with Crippen LogP contribution in [0.15, 0.2) is 35.3 Å². The quantitative estimate of drug-likeness (QED) is 0.427. The SMILES string of the molecule is CN=C(NCCCOCCOC)N1CCC(Cc2ccccc2)C1. The fourth-order valence-electron chi connectivity index (χ4n) is 3.09. The minimum Gasteiger partial charge on any atom is -0.382 e. The Balaban J connectivity index is 1.65. The Labute approximate surface area is 146 Å². The van der Waals surface area contributed by atoms with Gasteiger partial charge in [0.25, 0.3) is 0 Å². The van der Waals surface area contributed by atoms with Gasteiger partial charge in [0, 0.05) is 40.4 Å². The summed E-state index contributed by atoms with van der Waals surface area (Å²) >= 11 is 0. The highest BCUT2D eigenvalue weighted by Crippen LogP contribution is 2.20. The molecule has 0 saturated carbocycles. The van der Waals surface area contributed by atoms with Crippen molar-refractivity contribution in [2.45, 2.75) is 19.3 Å². The lowest BCUT2D eigenvalue weighted by molar-refractivity contribution is 0.0698. The van der Waals surface area contributed by atoms with E-state index in [1.807, 2.05) is 7.05 Å². The summed E-state index contributed by atoms with van der Waals surface area (Å²) in [5.41, 5.74) is 1.43. The van der Waals surface area contributed by atoms with Gasteiger partial charge in [-0.05, 0) is 30.7 Å². The number of likely N-dealkylation sites (tertiary alicyclic amines) is 1. The number of nitrogens with one attached hydrogen (secondary N) is 1. The van der Waals surface area contributed by atoms with Crippen molar-refractivity contribution in [3.05, 3.63) is 35.9 Å². The Morgan fingerprint density at radius 1 is 1.25 bits per heavy atom. The maximum atomic E-state index is 5.48. The molecule has 0 bridgehead atoms. The van der Waals surface area contributed by atoms with Crippen LogP contribution in [0.3, 0.4) is 0 Å². The molecule has 24 heavy (non-hydrogen) atoms. The molecule has 1 N–H and O–H groups in total. The average Bonchev–Trinajstić information content (AvgIpc) is 3.06. The highest BCUT2D eigenvalue weighted by Gasteiger charge is 2.24. The van der Waals surface area contributed by atoms with Crippen molar-refractivity contribution in [1.82, 2.24) is 10.2 Å². The first-order chi connectivity index (χ1) is 11.8. The monoisotopic (exact) mass is 333 g/mol. The molecule has 1 unspecified atom stereocenters. The summed E-state index contributed by atoms with van der Waals surface area (Å²) in [7, 11) is 3.55. The van der Waals surface area contributed by atoms with Crippen LogP contribution in [0.2, 0.25) is 0 Å². The van der Waals surface area contributed by atoms with E-state index in [2.05, 4.69) is 45.5 Å². The number of methoxy groups -OCH3 is 1. The molecular weight excluding hydrogens is 302 g/mol. The Bertz CT molecular complexity index is 479. The zero-order valence-electron chi connectivity index (χ0n) is 15.0. The van der Waals surface area contributed by atoms with Crippen LogP contribution in [0.25, 0.3) is 0 Å². The molecule has 1 aromatic rings. The number of ether oxygens (including phenoxy) is 2. The summed E-state index contributed by atoms with van der Waals surface area (Å²) in [5.74, 6) is 1.73. The van der Waals surface area contributed by atoms with Gasteiger partial charge in [-0.25, -0.2) is 0 Å². The van der Waals surface area contributed by atoms with Crippen LogP contribution < -0.4 is 5.32 Å². The van der Waals surface area contributed by atoms with Crippen LogP contribution in [0.1, 0.15) is 18.4 Å². The van der Waals surface area contributed by atoms with Gasteiger partial charge in [-0.3, -0.25) is 4.99 Å². The van der Waals surface area contributed by atoms with Gasteiger partial charge in [-0.15, -0.1) is 0 Å². The molecule has 1 heterocycles. The van der Waals surface area contributed by atoms with E-state index in [0.29, 0.717) is 19.1 Å². The third-order valence-corrected chi connectivity index (χ3v) is 4.34. The van der Waals surface area contributed by atoms with Gasteiger partial charge in [-0.1, -0.05) is 30.3 Å². The van der Waals surface area contributed by atoms with Crippen LogP contribution in [0.5, 0.6) is 0 Å². The third-order valence-electron chi connectivity index (χ3n) is 4.34. The van der Waals surface area contributed by atoms with Crippen molar-refractivity contribution < 1.29 is 9.47 Å². The van der Waals surface area contributed by atoms with Gasteiger partial charge in [0.15, 0.2) is 5.96 Å². The molecule has 5 heteroatoms. The van der Waals surface area contributed by atoms with E-state index in [9.17, 15) is 0 Å². The largest absolute Gasteiger partial charge is 0.382 e. The van der Waals surface area contributed by atoms with Crippen molar-refractivity contribution in [2.24, 2.45) is 10.9 Å². The first kappa shape index (κ1) is 18.7. The summed E-state index contributed by atoms with van der Waals surface area (Å²) in [6, 6.07) is 10.8. The highest BCUT2D eigenvalue weighted by atomic mass is 16.5. The topological polar surface area (TPSA) is 46.1 Å². The molecule has 0 amide bonds. The van der Waals surface area contributed by atoms with Crippen molar-refractivity contribution in [3.8, 4) is 0 Å². The fraction of sp³-hybridized carbons (Fsp3) is 0.632. The summed E-state index contributed by atoms with van der Waals surface area (Å²) in [5, 5.41) is 3.45. The van der Waals surface area contributed by atoms with Crippen LogP contribution in [0, 0.1) is 5.92 Å². The Hall–Kier alpha value is -1.59. The molecule has 1 aliphatic heterocycles. The molecule has 0 spiro atoms. The van der Waals surface area contributed by atoms with E-state index in [1.54, 1.807) is 7.11 Å². The Morgan fingerprint density at radius 2 is 2.08 bits per heavy atom. The van der Waals surface area contributed by atoms with Gasteiger partial charge in [0.05, 0.1) is 13.2 Å². The number of rotatable bonds is 9. The van der Waals surface area contributed by atoms with Crippen molar-refractivity contribution in [3.63, 3.8) is 0 Å². The molecule has 1 saturated heterocycles. The molecule has 134 valence electrons. The van der Waals surface area contributed by atoms with Crippen LogP contribution in [0.4, 0.5) is 0 Å². The van der Waals surface area contributed by atoms with Gasteiger partial charge in [-0.2, -0.15) is 0 Å². The van der Waals surface area contributed by atoms with Crippen LogP contribution in [-0.4, -0.2) is 64.5 Å². The second-order valence-corrected chi connectivity index (χ2v) is 6.22. The van der Waals surface area contributed by atoms with E-state index in [1.165, 1.54) is 12.0 Å². The zero-order chi connectivity index (χ0) is 17.0. The summed E-state index contributed by atoms with van der Waals surface area (Å²) in [6.07, 6.45) is 3.36. The van der Waals surface area contributed by atoms with E-state index in [-0.39, 0.29) is 0 Å². The lowest BCUT2D eigenvalue weighted by atomic mass is 9.99. The first-order valence-electron chi connectivity index (χ1n) is 8.89. The lowest BCUT2D eigenvalue weighted by Gasteiger charge is -2.21. The number of hydrogen-bond donors (Lipinski definition) is 1. The zero-order valence-corrected chi connectivity index (χ0v) is 15.0. The van der Waals surface area contributed by atoms with Crippen LogP contribution >= 0.6 is 0 Å². The molecule has 1 aliphatic rings. The molecule has 2 rings (SSSR count). The molecule has 0 radical (unpaired) electrons. The number of guanidine groups is 1. The standard InChI is InChI=1S/C19H31N3O2/c1-20-19(21-10-6-12-24-14-13-23-2)22-11-9-18(16-22)15-17-7-4-3-5-8-17/h3-5,7-8,18H,6,9-16H2,1-2H3,(H,20,21). The van der Waals surface area contributed by atoms with Crippen molar-refractivity contribution in [2.75, 3.05) is 53.6 Å². The number of nitrogens with zero attached hydrogens (tertiary/aromatic N) is 2. The van der Waals surface area contributed by atoms with Gasteiger partial charge in [0.1, 0.15) is 0 Å². The number of aliphatic imine (C=N–C) groups is 1. The van der Waals surface area contributed by atoms with Crippen molar-refractivity contribution >= 4 is 5.96 Å². The molecule has 1 atom stereocenters. The summed E-state index contributed by atoms with van der Waals surface area (Å²) < 4.78 is 10.4.